The molecule has 22 heavy (non-hydrogen) atoms. The lowest BCUT2D eigenvalue weighted by atomic mass is 9.98. The van der Waals surface area contributed by atoms with Crippen molar-refractivity contribution >= 4 is 22.9 Å². The zero-order valence-electron chi connectivity index (χ0n) is 11.9. The molecule has 7 heteroatoms. The van der Waals surface area contributed by atoms with Gasteiger partial charge in [0.15, 0.2) is 0 Å². The number of nitriles is 1. The maximum Gasteiger partial charge on any atom is 0.263 e. The van der Waals surface area contributed by atoms with Gasteiger partial charge in [0, 0.05) is 29.7 Å². The molecule has 4 rings (SSSR count). The minimum absolute atomic E-state index is 0.0247. The maximum atomic E-state index is 12.4. The number of hydrogen-bond acceptors (Lipinski definition) is 5. The van der Waals surface area contributed by atoms with Crippen molar-refractivity contribution in [3.8, 4) is 16.5 Å². The zero-order chi connectivity index (χ0) is 15.1. The minimum atomic E-state index is -0.0247. The Labute approximate surface area is 131 Å². The van der Waals surface area contributed by atoms with E-state index in [9.17, 15) is 4.79 Å². The van der Waals surface area contributed by atoms with Crippen molar-refractivity contribution in [2.75, 3.05) is 18.0 Å². The van der Waals surface area contributed by atoms with Crippen molar-refractivity contribution in [1.82, 2.24) is 15.5 Å². The molecule has 0 unspecified atom stereocenters. The summed E-state index contributed by atoms with van der Waals surface area (Å²) in [5.74, 6) is -0.0247. The number of aromatic nitrogens is 2. The average molecular weight is 313 g/mol. The van der Waals surface area contributed by atoms with Crippen molar-refractivity contribution in [1.29, 1.82) is 5.26 Å². The predicted octanol–water partition coefficient (Wildman–Crippen LogP) is 1.92. The SMILES string of the molecule is N#CC[C@@H]1CNC(=O)c2sc(-c3cn[nH]c3)c3c2N1CCC3. The van der Waals surface area contributed by atoms with Crippen molar-refractivity contribution in [3.05, 3.63) is 22.8 Å². The summed E-state index contributed by atoms with van der Waals surface area (Å²) in [5, 5.41) is 18.9. The van der Waals surface area contributed by atoms with E-state index >= 15 is 0 Å². The third kappa shape index (κ3) is 1.91. The molecule has 0 spiro atoms. The number of aromatic amines is 1. The smallest absolute Gasteiger partial charge is 0.263 e. The molecule has 2 aromatic heterocycles. The fourth-order valence-electron chi connectivity index (χ4n) is 3.35. The molecule has 4 heterocycles. The monoisotopic (exact) mass is 313 g/mol. The van der Waals surface area contributed by atoms with Crippen LogP contribution in [0.25, 0.3) is 10.4 Å². The largest absolute Gasteiger partial charge is 0.364 e. The van der Waals surface area contributed by atoms with Gasteiger partial charge in [-0.25, -0.2) is 0 Å². The highest BCUT2D eigenvalue weighted by molar-refractivity contribution is 7.18. The van der Waals surface area contributed by atoms with Crippen molar-refractivity contribution < 1.29 is 4.79 Å². The standard InChI is InChI=1S/C15H15N5OS/c16-4-3-10-8-17-15(21)14-12-11(2-1-5-20(10)12)13(22-14)9-6-18-19-7-9/h6-7,10H,1-3,5,8H2,(H,17,21)(H,18,19)/t10-/m1/s1. The van der Waals surface area contributed by atoms with Crippen LogP contribution in [-0.2, 0) is 6.42 Å². The summed E-state index contributed by atoms with van der Waals surface area (Å²) in [5.41, 5.74) is 3.30. The van der Waals surface area contributed by atoms with Gasteiger partial charge in [-0.15, -0.1) is 11.3 Å². The highest BCUT2D eigenvalue weighted by atomic mass is 32.1. The first-order chi connectivity index (χ1) is 10.8. The number of nitrogens with zero attached hydrogens (tertiary/aromatic N) is 3. The summed E-state index contributed by atoms with van der Waals surface area (Å²) >= 11 is 1.53. The van der Waals surface area contributed by atoms with Gasteiger partial charge >= 0.3 is 0 Å². The van der Waals surface area contributed by atoms with Crippen molar-refractivity contribution in [2.45, 2.75) is 25.3 Å². The predicted molar refractivity (Wildman–Crippen MR) is 83.9 cm³/mol. The van der Waals surface area contributed by atoms with Gasteiger partial charge in [-0.3, -0.25) is 9.89 Å². The molecule has 0 fully saturated rings. The molecule has 0 saturated carbocycles. The van der Waals surface area contributed by atoms with Gasteiger partial charge < -0.3 is 10.2 Å². The Bertz CT molecular complexity index is 758. The van der Waals surface area contributed by atoms with E-state index in [1.807, 2.05) is 6.20 Å². The fourth-order valence-corrected chi connectivity index (χ4v) is 4.60. The summed E-state index contributed by atoms with van der Waals surface area (Å²) in [6.07, 6.45) is 6.10. The molecule has 0 bridgehead atoms. The van der Waals surface area contributed by atoms with E-state index in [-0.39, 0.29) is 11.9 Å². The molecule has 112 valence electrons. The third-order valence-corrected chi connectivity index (χ3v) is 5.59. The maximum absolute atomic E-state index is 12.4. The number of anilines is 1. The Hall–Kier alpha value is -2.33. The zero-order valence-corrected chi connectivity index (χ0v) is 12.7. The molecule has 0 saturated heterocycles. The van der Waals surface area contributed by atoms with Gasteiger partial charge in [0.2, 0.25) is 0 Å². The summed E-state index contributed by atoms with van der Waals surface area (Å²) in [7, 11) is 0. The van der Waals surface area contributed by atoms with Crippen molar-refractivity contribution in [3.63, 3.8) is 0 Å². The van der Waals surface area contributed by atoms with Gasteiger partial charge in [-0.05, 0) is 18.4 Å². The van der Waals surface area contributed by atoms with Gasteiger partial charge in [0.25, 0.3) is 5.91 Å². The van der Waals surface area contributed by atoms with Crippen LogP contribution in [0.1, 0.15) is 28.1 Å². The summed E-state index contributed by atoms with van der Waals surface area (Å²) in [6, 6.07) is 2.31. The lowest BCUT2D eigenvalue weighted by molar-refractivity contribution is 0.0959. The number of amides is 1. The third-order valence-electron chi connectivity index (χ3n) is 4.32. The van der Waals surface area contributed by atoms with Crippen LogP contribution >= 0.6 is 11.3 Å². The van der Waals surface area contributed by atoms with E-state index in [2.05, 4.69) is 26.5 Å². The number of carbonyl (C=O) groups excluding carboxylic acids is 1. The van der Waals surface area contributed by atoms with Crippen LogP contribution in [0.2, 0.25) is 0 Å². The molecule has 0 radical (unpaired) electrons. The summed E-state index contributed by atoms with van der Waals surface area (Å²) in [4.78, 5) is 16.6. The first kappa shape index (κ1) is 13.3. The van der Waals surface area contributed by atoms with Crippen molar-refractivity contribution in [2.24, 2.45) is 0 Å². The van der Waals surface area contributed by atoms with Crippen LogP contribution in [0, 0.1) is 11.3 Å². The van der Waals surface area contributed by atoms with Crippen LogP contribution in [0.15, 0.2) is 12.4 Å². The van der Waals surface area contributed by atoms with E-state index in [4.69, 9.17) is 5.26 Å². The normalized spacial score (nSPS) is 20.0. The number of rotatable bonds is 2. The second-order valence-electron chi connectivity index (χ2n) is 5.60. The van der Waals surface area contributed by atoms with Gasteiger partial charge in [-0.2, -0.15) is 10.4 Å². The molecule has 2 aliphatic rings. The van der Waals surface area contributed by atoms with E-state index in [0.717, 1.165) is 40.4 Å². The van der Waals surface area contributed by atoms with Crippen LogP contribution in [0.5, 0.6) is 0 Å². The number of thiophene rings is 1. The molecule has 2 aromatic rings. The molecular weight excluding hydrogens is 298 g/mol. The van der Waals surface area contributed by atoms with Gasteiger partial charge in [0.05, 0.1) is 30.4 Å². The first-order valence-corrected chi connectivity index (χ1v) is 8.18. The number of nitrogens with one attached hydrogen (secondary N) is 2. The number of H-pyrrole nitrogens is 1. The van der Waals surface area contributed by atoms with Crippen LogP contribution in [-0.4, -0.2) is 35.2 Å². The molecule has 0 aliphatic carbocycles. The quantitative estimate of drug-likeness (QED) is 0.887. The summed E-state index contributed by atoms with van der Waals surface area (Å²) < 4.78 is 0. The topological polar surface area (TPSA) is 84.8 Å². The van der Waals surface area contributed by atoms with Gasteiger partial charge in [0.1, 0.15) is 4.88 Å². The number of carbonyl (C=O) groups is 1. The Morgan fingerprint density at radius 2 is 2.41 bits per heavy atom. The van der Waals surface area contributed by atoms with E-state index in [0.29, 0.717) is 13.0 Å². The molecule has 1 atom stereocenters. The van der Waals surface area contributed by atoms with E-state index in [1.165, 1.54) is 16.9 Å². The molecule has 0 aromatic carbocycles. The summed E-state index contributed by atoms with van der Waals surface area (Å²) in [6.45, 7) is 1.44. The Morgan fingerprint density at radius 1 is 1.50 bits per heavy atom. The Morgan fingerprint density at radius 3 is 3.18 bits per heavy atom. The molecular formula is C15H15N5OS. The van der Waals surface area contributed by atoms with Crippen LogP contribution in [0.4, 0.5) is 5.69 Å². The highest BCUT2D eigenvalue weighted by Gasteiger charge is 2.35. The van der Waals surface area contributed by atoms with Crippen LogP contribution < -0.4 is 10.2 Å². The number of hydrogen-bond donors (Lipinski definition) is 2. The second kappa shape index (κ2) is 5.14. The fraction of sp³-hybridized carbons (Fsp3) is 0.400. The average Bonchev–Trinajstić information content (AvgIpc) is 3.15. The molecule has 6 nitrogen and oxygen atoms in total. The lowest BCUT2D eigenvalue weighted by Crippen LogP contribution is -2.43. The van der Waals surface area contributed by atoms with Crippen LogP contribution in [0.3, 0.4) is 0 Å². The first-order valence-electron chi connectivity index (χ1n) is 7.36. The Kier molecular flexibility index (Phi) is 3.12. The molecule has 1 amide bonds. The minimum Gasteiger partial charge on any atom is -0.364 e. The lowest BCUT2D eigenvalue weighted by Gasteiger charge is -2.34. The van der Waals surface area contributed by atoms with E-state index in [1.54, 1.807) is 6.20 Å². The second-order valence-corrected chi connectivity index (χ2v) is 6.62. The Balaban J connectivity index is 1.89. The van der Waals surface area contributed by atoms with Gasteiger partial charge in [-0.1, -0.05) is 0 Å². The molecule has 2 aliphatic heterocycles. The van der Waals surface area contributed by atoms with E-state index < -0.39 is 0 Å². The molecule has 2 N–H and O–H groups in total. The highest BCUT2D eigenvalue weighted by Crippen LogP contribution is 2.46.